The number of aliphatic hydroxyl groups is 1. The lowest BCUT2D eigenvalue weighted by Crippen LogP contribution is -2.35. The molecular weight excluding hydrogens is 394 g/mol. The van der Waals surface area contributed by atoms with Crippen molar-refractivity contribution in [2.45, 2.75) is 13.3 Å². The average Bonchev–Trinajstić information content (AvgIpc) is 3.03. The number of amides is 2. The summed E-state index contributed by atoms with van der Waals surface area (Å²) in [6, 6.07) is 14.5. The van der Waals surface area contributed by atoms with Gasteiger partial charge < -0.3 is 19.6 Å². The maximum absolute atomic E-state index is 13.5. The first-order valence-electron chi connectivity index (χ1n) is 10.3. The Bertz CT molecular complexity index is 983. The number of imide groups is 1. The Kier molecular flexibility index (Phi) is 6.97. The zero-order valence-corrected chi connectivity index (χ0v) is 18.5. The third-order valence-electron chi connectivity index (χ3n) is 5.10. The molecule has 164 valence electrons. The molecular formula is C24H29N3O4. The van der Waals surface area contributed by atoms with Gasteiger partial charge in [-0.05, 0) is 42.3 Å². The lowest BCUT2D eigenvalue weighted by Gasteiger charge is -2.21. The predicted octanol–water partition coefficient (Wildman–Crippen LogP) is 2.75. The van der Waals surface area contributed by atoms with Gasteiger partial charge in [0.25, 0.3) is 11.8 Å². The molecule has 0 spiro atoms. The van der Waals surface area contributed by atoms with Crippen LogP contribution in [0.4, 0.5) is 11.4 Å². The van der Waals surface area contributed by atoms with Crippen molar-refractivity contribution < 1.29 is 19.4 Å². The second kappa shape index (κ2) is 9.66. The van der Waals surface area contributed by atoms with Crippen LogP contribution in [0, 0.1) is 0 Å². The molecule has 1 heterocycles. The molecule has 0 saturated carbocycles. The molecule has 0 unspecified atom stereocenters. The summed E-state index contributed by atoms with van der Waals surface area (Å²) in [6.45, 7) is 2.75. The maximum atomic E-state index is 13.5. The summed E-state index contributed by atoms with van der Waals surface area (Å²) in [7, 11) is 5.51. The van der Waals surface area contributed by atoms with E-state index in [1.165, 1.54) is 4.90 Å². The van der Waals surface area contributed by atoms with Crippen molar-refractivity contribution >= 4 is 28.8 Å². The number of rotatable bonds is 9. The van der Waals surface area contributed by atoms with Crippen molar-refractivity contribution in [2.75, 3.05) is 50.7 Å². The molecule has 31 heavy (non-hydrogen) atoms. The molecule has 2 aromatic rings. The number of hydrogen-bond donors (Lipinski definition) is 1. The number of carbonyl (C=O) groups excluding carboxylic acids is 2. The monoisotopic (exact) mass is 423 g/mol. The number of ether oxygens (including phenoxy) is 1. The van der Waals surface area contributed by atoms with Crippen LogP contribution in [0.25, 0.3) is 5.57 Å². The van der Waals surface area contributed by atoms with Crippen LogP contribution in [-0.4, -0.2) is 62.7 Å². The first-order chi connectivity index (χ1) is 14.9. The highest BCUT2D eigenvalue weighted by Gasteiger charge is 2.41. The summed E-state index contributed by atoms with van der Waals surface area (Å²) in [5.41, 5.74) is 2.62. The van der Waals surface area contributed by atoms with Gasteiger partial charge in [0.1, 0.15) is 11.4 Å². The van der Waals surface area contributed by atoms with E-state index in [9.17, 15) is 14.7 Å². The van der Waals surface area contributed by atoms with Crippen LogP contribution in [0.15, 0.2) is 54.2 Å². The highest BCUT2D eigenvalue weighted by molar-refractivity contribution is 6.45. The van der Waals surface area contributed by atoms with Crippen molar-refractivity contribution in [3.8, 4) is 5.75 Å². The fraction of sp³-hybridized carbons (Fsp3) is 0.333. The van der Waals surface area contributed by atoms with E-state index in [0.29, 0.717) is 29.2 Å². The summed E-state index contributed by atoms with van der Waals surface area (Å²) in [4.78, 5) is 31.6. The topological polar surface area (TPSA) is 73.3 Å². The standard InChI is InChI=1S/C24H29N3O4/c1-5-15-31-20-11-9-17(10-12-20)21-22(26(4)13-14-28)24(30)27(23(21)29)19-8-6-7-18(16-19)25(2)3/h6-12,16,28H,5,13-15H2,1-4H3. The average molecular weight is 424 g/mol. The van der Waals surface area contributed by atoms with E-state index in [4.69, 9.17) is 4.74 Å². The number of carbonyl (C=O) groups is 2. The van der Waals surface area contributed by atoms with E-state index in [0.717, 1.165) is 12.1 Å². The molecule has 1 aliphatic rings. The molecule has 0 aliphatic carbocycles. The van der Waals surface area contributed by atoms with E-state index < -0.39 is 5.91 Å². The van der Waals surface area contributed by atoms with Gasteiger partial charge >= 0.3 is 0 Å². The number of anilines is 2. The molecule has 3 rings (SSSR count). The van der Waals surface area contributed by atoms with Gasteiger partial charge in [-0.3, -0.25) is 9.59 Å². The summed E-state index contributed by atoms with van der Waals surface area (Å²) >= 11 is 0. The van der Waals surface area contributed by atoms with E-state index in [1.54, 1.807) is 42.3 Å². The van der Waals surface area contributed by atoms with Crippen LogP contribution >= 0.6 is 0 Å². The minimum atomic E-state index is -0.404. The van der Waals surface area contributed by atoms with Crippen LogP contribution in [0.2, 0.25) is 0 Å². The van der Waals surface area contributed by atoms with Crippen LogP contribution in [-0.2, 0) is 9.59 Å². The highest BCUT2D eigenvalue weighted by Crippen LogP contribution is 2.35. The molecule has 7 nitrogen and oxygen atoms in total. The summed E-state index contributed by atoms with van der Waals surface area (Å²) in [5.74, 6) is -0.0788. The number of nitrogens with zero attached hydrogens (tertiary/aromatic N) is 3. The summed E-state index contributed by atoms with van der Waals surface area (Å²) < 4.78 is 5.63. The molecule has 7 heteroatoms. The largest absolute Gasteiger partial charge is 0.494 e. The second-order valence-electron chi connectivity index (χ2n) is 7.60. The third kappa shape index (κ3) is 4.56. The lowest BCUT2D eigenvalue weighted by atomic mass is 10.0. The van der Waals surface area contributed by atoms with Crippen molar-refractivity contribution in [1.29, 1.82) is 0 Å². The van der Waals surface area contributed by atoms with Gasteiger partial charge in [0.15, 0.2) is 0 Å². The Labute approximate surface area is 183 Å². The van der Waals surface area contributed by atoms with Gasteiger partial charge in [-0.25, -0.2) is 4.90 Å². The van der Waals surface area contributed by atoms with E-state index in [-0.39, 0.29) is 24.8 Å². The summed E-state index contributed by atoms with van der Waals surface area (Å²) in [6.07, 6.45) is 0.900. The minimum absolute atomic E-state index is 0.130. The number of likely N-dealkylation sites (N-methyl/N-ethyl adjacent to an activating group) is 1. The van der Waals surface area contributed by atoms with E-state index in [2.05, 4.69) is 0 Å². The normalized spacial score (nSPS) is 13.8. The predicted molar refractivity (Wildman–Crippen MR) is 122 cm³/mol. The molecule has 1 aliphatic heterocycles. The Hall–Kier alpha value is -3.32. The quantitative estimate of drug-likeness (QED) is 0.626. The Morgan fingerprint density at radius 2 is 1.71 bits per heavy atom. The molecule has 0 fully saturated rings. The van der Waals surface area contributed by atoms with Gasteiger partial charge in [0, 0.05) is 33.4 Å². The zero-order valence-electron chi connectivity index (χ0n) is 18.5. The smallest absolute Gasteiger partial charge is 0.282 e. The van der Waals surface area contributed by atoms with Crippen LogP contribution < -0.4 is 14.5 Å². The summed E-state index contributed by atoms with van der Waals surface area (Å²) in [5, 5.41) is 9.41. The number of benzene rings is 2. The Morgan fingerprint density at radius 3 is 2.32 bits per heavy atom. The zero-order chi connectivity index (χ0) is 22.5. The first kappa shape index (κ1) is 22.4. The molecule has 2 amide bonds. The van der Waals surface area contributed by atoms with Crippen molar-refractivity contribution in [1.82, 2.24) is 4.90 Å². The second-order valence-corrected chi connectivity index (χ2v) is 7.60. The van der Waals surface area contributed by atoms with Crippen molar-refractivity contribution in [2.24, 2.45) is 0 Å². The fourth-order valence-corrected chi connectivity index (χ4v) is 3.48. The Morgan fingerprint density at radius 1 is 1.00 bits per heavy atom. The molecule has 0 saturated heterocycles. The van der Waals surface area contributed by atoms with E-state index in [1.807, 2.05) is 44.1 Å². The SMILES string of the molecule is CCCOc1ccc(C2=C(N(C)CCO)C(=O)N(c3cccc(N(C)C)c3)C2=O)cc1. The van der Waals surface area contributed by atoms with Crippen LogP contribution in [0.1, 0.15) is 18.9 Å². The van der Waals surface area contributed by atoms with Gasteiger partial charge in [0.05, 0.1) is 24.5 Å². The lowest BCUT2D eigenvalue weighted by molar-refractivity contribution is -0.120. The number of hydrogen-bond acceptors (Lipinski definition) is 6. The minimum Gasteiger partial charge on any atom is -0.494 e. The van der Waals surface area contributed by atoms with Crippen molar-refractivity contribution in [3.63, 3.8) is 0 Å². The fourth-order valence-electron chi connectivity index (χ4n) is 3.48. The van der Waals surface area contributed by atoms with Gasteiger partial charge in [-0.1, -0.05) is 25.1 Å². The first-order valence-corrected chi connectivity index (χ1v) is 10.3. The number of aliphatic hydroxyl groups excluding tert-OH is 1. The van der Waals surface area contributed by atoms with Gasteiger partial charge in [0.2, 0.25) is 0 Å². The van der Waals surface area contributed by atoms with Crippen LogP contribution in [0.3, 0.4) is 0 Å². The molecule has 0 bridgehead atoms. The highest BCUT2D eigenvalue weighted by atomic mass is 16.5. The molecule has 2 aromatic carbocycles. The molecule has 0 aromatic heterocycles. The van der Waals surface area contributed by atoms with Crippen molar-refractivity contribution in [3.05, 3.63) is 59.8 Å². The molecule has 0 atom stereocenters. The third-order valence-corrected chi connectivity index (χ3v) is 5.10. The van der Waals surface area contributed by atoms with Crippen LogP contribution in [0.5, 0.6) is 5.75 Å². The van der Waals surface area contributed by atoms with Gasteiger partial charge in [-0.15, -0.1) is 0 Å². The van der Waals surface area contributed by atoms with Gasteiger partial charge in [-0.2, -0.15) is 0 Å². The Balaban J connectivity index is 2.04. The maximum Gasteiger partial charge on any atom is 0.282 e. The van der Waals surface area contributed by atoms with E-state index >= 15 is 0 Å². The molecule has 1 N–H and O–H groups in total. The molecule has 0 radical (unpaired) electrons.